The number of nitrogens with one attached hydrogen (secondary N) is 4. The molecule has 584 valence electrons. The van der Waals surface area contributed by atoms with Gasteiger partial charge in [-0.3, -0.25) is 57.4 Å². The average molecular weight is 1620 g/mol. The molecule has 8 rings (SSSR count). The Morgan fingerprint density at radius 1 is 0.423 bits per heavy atom. The van der Waals surface area contributed by atoms with Crippen molar-refractivity contribution in [1.82, 2.24) is 57.8 Å². The van der Waals surface area contributed by atoms with Crippen LogP contribution in [0.15, 0.2) is 63.1 Å². The maximum absolute atomic E-state index is 13.7. The number of aromatic amines is 4. The van der Waals surface area contributed by atoms with Gasteiger partial charge in [0.05, 0.1) is 58.0 Å². The summed E-state index contributed by atoms with van der Waals surface area (Å²) >= 11 is 24.4. The molecule has 4 aromatic heterocycles. The molecule has 4 aliphatic heterocycles. The van der Waals surface area contributed by atoms with Crippen molar-refractivity contribution >= 4 is 74.5 Å². The van der Waals surface area contributed by atoms with Crippen molar-refractivity contribution in [2.75, 3.05) is 135 Å². The average Bonchev–Trinajstić information content (AvgIpc) is 1.66. The fourth-order valence-corrected chi connectivity index (χ4v) is 18.8. The Kier molecular flexibility index (Phi) is 32.5. The van der Waals surface area contributed by atoms with Gasteiger partial charge in [-0.05, 0) is 171 Å². The lowest BCUT2D eigenvalue weighted by atomic mass is 10.2. The monoisotopic (exact) mass is 1620 g/mol. The van der Waals surface area contributed by atoms with E-state index in [0.717, 1.165) is 6.54 Å². The van der Waals surface area contributed by atoms with Crippen molar-refractivity contribution in [3.8, 4) is 0 Å². The first kappa shape index (κ1) is 86.0. The topological polar surface area (TPSA) is 391 Å². The molecule has 0 bridgehead atoms. The number of aliphatic hydroxyl groups excluding tert-OH is 1. The van der Waals surface area contributed by atoms with Gasteiger partial charge in [0.15, 0.2) is 0 Å². The van der Waals surface area contributed by atoms with Crippen LogP contribution < -0.4 is 45.0 Å². The molecule has 4 saturated heterocycles. The van der Waals surface area contributed by atoms with Gasteiger partial charge >= 0.3 is 50.1 Å². The second kappa shape index (κ2) is 39.3. The summed E-state index contributed by atoms with van der Waals surface area (Å²) < 4.78 is 102. The highest BCUT2D eigenvalue weighted by atomic mass is 32.5. The Labute approximate surface area is 621 Å². The lowest BCUT2D eigenvalue weighted by Gasteiger charge is -2.31. The number of hydrogen-bond acceptors (Lipinski definition) is 32. The number of ether oxygens (including phenoxy) is 4. The summed E-state index contributed by atoms with van der Waals surface area (Å²) in [6.45, 7) is -4.74. The van der Waals surface area contributed by atoms with E-state index in [0.29, 0.717) is 51.9 Å². The van der Waals surface area contributed by atoms with E-state index in [2.05, 4.69) is 19.9 Å². The second-order valence-corrected chi connectivity index (χ2v) is 37.3. The predicted octanol–water partition coefficient (Wildman–Crippen LogP) is 2.47. The quantitative estimate of drug-likeness (QED) is 0.0314. The summed E-state index contributed by atoms with van der Waals surface area (Å²) in [5.41, 5.74) is -4.65. The fourth-order valence-electron chi connectivity index (χ4n) is 11.3. The lowest BCUT2D eigenvalue weighted by Crippen LogP contribution is -2.33. The zero-order valence-corrected chi connectivity index (χ0v) is 67.1. The summed E-state index contributed by atoms with van der Waals surface area (Å²) in [7, 11) is 13.3. The van der Waals surface area contributed by atoms with Crippen LogP contribution in [0.5, 0.6) is 0 Å². The van der Waals surface area contributed by atoms with Crippen LogP contribution in [0.3, 0.4) is 0 Å². The molecule has 4 aromatic rings. The van der Waals surface area contributed by atoms with E-state index >= 15 is 0 Å². The first-order chi connectivity index (χ1) is 49.1. The smallest absolute Gasteiger partial charge is 0.390 e. The second-order valence-electron chi connectivity index (χ2n) is 26.6. The molecule has 4 fully saturated rings. The van der Waals surface area contributed by atoms with E-state index < -0.39 is 166 Å². The van der Waals surface area contributed by atoms with Crippen LogP contribution in [0.1, 0.15) is 98.5 Å². The van der Waals surface area contributed by atoms with Gasteiger partial charge in [0.25, 0.3) is 22.2 Å². The Hall–Kier alpha value is -3.61. The third-order valence-electron chi connectivity index (χ3n) is 16.8. The van der Waals surface area contributed by atoms with Crippen molar-refractivity contribution in [2.24, 2.45) is 0 Å². The highest BCUT2D eigenvalue weighted by Crippen LogP contribution is 2.58. The molecule has 104 heavy (non-hydrogen) atoms. The van der Waals surface area contributed by atoms with E-state index in [1.807, 2.05) is 76.0 Å². The molecule has 8 heterocycles. The number of hydrogen-bond donors (Lipinski definition) is 5. The molecule has 4 unspecified atom stereocenters. The minimum atomic E-state index is -4.14. The summed E-state index contributed by atoms with van der Waals surface area (Å²) in [5, 5.41) is 11.3. The van der Waals surface area contributed by atoms with Gasteiger partial charge in [-0.2, -0.15) is 0 Å². The normalized spacial score (nSPS) is 25.6. The van der Waals surface area contributed by atoms with E-state index in [4.69, 9.17) is 116 Å². The van der Waals surface area contributed by atoms with Crippen molar-refractivity contribution in [3.63, 3.8) is 0 Å². The number of nitrogens with zero attached hydrogens (tertiary/aromatic N) is 8. The van der Waals surface area contributed by atoms with Crippen molar-refractivity contribution in [2.45, 2.75) is 153 Å². The maximum atomic E-state index is 13.7. The standard InChI is InChI=1S/C60H96N12O24P4S4/c1-37-29-69(57(78)61-53(37)74)49-25-41(73)45(90-49)34-87-98(102,84-22-14-18-66(7)8)95-43-27-51(71-31-39(3)55(76)63-59(71)80)92-47(43)36-89-100(104,86-24-16-20-68(11)12)96-44-28-52(72-32-40(4)56(77)64-60(72)81)93-48(44)35-88-99(103,85-23-15-19-67(9)10)94-42-26-50(70-30-38(2)54(75)62-58(70)79)91-46(42)33-83-97(101)82-21-13-17-65(5)6/h29-32,41-52,73H,13-28,33-36H2,1-12H3,(H3-,61,62,63,64,74,75,76,77,78,79,80,81)/p+1/t41-,42-,43-,44-,45-,46-,47-,48-,49-,50-,51-,52-,98?,99?,100?/m1/s1. The maximum Gasteiger partial charge on any atom is 0.521 e. The number of aliphatic hydroxyl groups is 1. The molecule has 4 aliphatic rings. The first-order valence-electron chi connectivity index (χ1n) is 33.7. The molecule has 5 N–H and O–H groups in total. The van der Waals surface area contributed by atoms with Crippen LogP contribution in [0, 0.1) is 27.7 Å². The molecule has 0 amide bonds. The summed E-state index contributed by atoms with van der Waals surface area (Å²) in [5.74, 6) is 0. The fraction of sp³-hybridized carbons (Fsp3) is 0.733. The molecule has 0 aromatic carbocycles. The number of aryl methyl sites for hydroxylation is 4. The SMILES string of the molecule is Cc1cn([C@H]2C[C@@H](O)[C@@H](COP(=S)(OCCCN(C)C)O[C@@H]3C[C@H](n4cc(C)c(=O)[nH]c4=O)O[C@@H]3COP(=S)(OCCCN(C)C)O[C@@H]3C[C@H](n4cc(C)c(=O)[nH]c4=O)O[C@@H]3COP(=S)(OCCCN(C)C)O[C@@H]3C[C@H](n4cc(C)c(=O)[nH]c4=O)O[C@@H]3CO[P+](=S)OCCCN(C)C)O2)c(=O)[nH]c1=O. The van der Waals surface area contributed by atoms with Crippen LogP contribution >= 0.6 is 27.3 Å². The Balaban J connectivity index is 1.10. The minimum Gasteiger partial charge on any atom is -0.390 e. The van der Waals surface area contributed by atoms with Crippen molar-refractivity contribution in [1.29, 1.82) is 0 Å². The third-order valence-corrected chi connectivity index (χ3v) is 25.4. The first-order valence-corrected chi connectivity index (χ1v) is 43.6. The number of rotatable bonds is 42. The Bertz CT molecular complexity index is 4210. The van der Waals surface area contributed by atoms with E-state index in [-0.39, 0.29) is 74.4 Å². The number of H-pyrrole nitrogens is 4. The molecular formula is C60H97N12O24P4S4+. The van der Waals surface area contributed by atoms with Gasteiger partial charge in [-0.15, -0.1) is 9.05 Å². The van der Waals surface area contributed by atoms with Crippen LogP contribution in [-0.2, 0) is 116 Å². The van der Waals surface area contributed by atoms with Gasteiger partial charge in [0, 0.05) is 72.7 Å². The minimum absolute atomic E-state index is 0.0142. The molecule has 36 nitrogen and oxygen atoms in total. The van der Waals surface area contributed by atoms with Gasteiger partial charge in [0.2, 0.25) is 11.8 Å². The summed E-state index contributed by atoms with van der Waals surface area (Å²) in [6, 6.07) is 0. The highest BCUT2D eigenvalue weighted by molar-refractivity contribution is 8.08. The van der Waals surface area contributed by atoms with Crippen molar-refractivity contribution in [3.05, 3.63) is 130 Å². The summed E-state index contributed by atoms with van der Waals surface area (Å²) in [4.78, 5) is 121. The van der Waals surface area contributed by atoms with Gasteiger partial charge in [0.1, 0.15) is 68.6 Å². The van der Waals surface area contributed by atoms with Gasteiger partial charge < -0.3 is 84.4 Å². The van der Waals surface area contributed by atoms with Crippen LogP contribution in [0.25, 0.3) is 0 Å². The van der Waals surface area contributed by atoms with Gasteiger partial charge in [-0.1, -0.05) is 0 Å². The molecule has 0 saturated carbocycles. The lowest BCUT2D eigenvalue weighted by molar-refractivity contribution is -0.0594. The Morgan fingerprint density at radius 3 is 1.00 bits per heavy atom. The molecule has 0 aliphatic carbocycles. The Morgan fingerprint density at radius 2 is 0.692 bits per heavy atom. The van der Waals surface area contributed by atoms with Gasteiger partial charge in [-0.25, -0.2) is 19.2 Å². The zero-order valence-electron chi connectivity index (χ0n) is 60.2. The van der Waals surface area contributed by atoms with Crippen molar-refractivity contribution < 1.29 is 73.8 Å². The van der Waals surface area contributed by atoms with Crippen LogP contribution in [-0.4, -0.2) is 247 Å². The molecule has 16 atom stereocenters. The predicted molar refractivity (Wildman–Crippen MR) is 396 cm³/mol. The van der Waals surface area contributed by atoms with E-state index in [1.165, 1.54) is 63.8 Å². The van der Waals surface area contributed by atoms with E-state index in [9.17, 15) is 43.5 Å². The van der Waals surface area contributed by atoms with Crippen LogP contribution in [0.4, 0.5) is 0 Å². The largest absolute Gasteiger partial charge is 0.521 e. The number of aromatic nitrogens is 8. The zero-order chi connectivity index (χ0) is 76.0. The molecular weight excluding hydrogens is 1520 g/mol. The van der Waals surface area contributed by atoms with Crippen LogP contribution in [0.2, 0.25) is 0 Å². The molecule has 0 spiro atoms. The van der Waals surface area contributed by atoms with E-state index in [1.54, 1.807) is 6.92 Å². The molecule has 44 heteroatoms. The highest BCUT2D eigenvalue weighted by Gasteiger charge is 2.48. The molecule has 0 radical (unpaired) electrons. The summed E-state index contributed by atoms with van der Waals surface area (Å²) in [6.07, 6.45) is -6.24. The third kappa shape index (κ3) is 25.0.